The van der Waals surface area contributed by atoms with Crippen LogP contribution >= 0.6 is 7.75 Å². The van der Waals surface area contributed by atoms with Crippen molar-refractivity contribution in [1.29, 1.82) is 0 Å². The van der Waals surface area contributed by atoms with Crippen LogP contribution in [0.5, 0.6) is 0 Å². The van der Waals surface area contributed by atoms with Gasteiger partial charge in [-0.2, -0.15) is 0 Å². The number of fused-ring (bicyclic) bond motifs is 1. The van der Waals surface area contributed by atoms with Crippen LogP contribution in [0.25, 0.3) is 11.2 Å². The van der Waals surface area contributed by atoms with Gasteiger partial charge in [-0.05, 0) is 34.0 Å². The Balaban J connectivity index is 1.29. The van der Waals surface area contributed by atoms with Gasteiger partial charge in [-0.25, -0.2) is 29.4 Å². The number of nitrogen functional groups attached to an aromatic ring is 1. The van der Waals surface area contributed by atoms with Crippen molar-refractivity contribution in [2.45, 2.75) is 63.1 Å². The Morgan fingerprint density at radius 3 is 2.68 bits per heavy atom. The van der Waals surface area contributed by atoms with Crippen molar-refractivity contribution in [3.8, 4) is 0 Å². The van der Waals surface area contributed by atoms with E-state index >= 15 is 0 Å². The quantitative estimate of drug-likeness (QED) is 0.114. The average molecular weight is 640 g/mol. The summed E-state index contributed by atoms with van der Waals surface area (Å²) in [6, 6.07) is 0. The molecule has 0 radical (unpaired) electrons. The van der Waals surface area contributed by atoms with Gasteiger partial charge in [0.1, 0.15) is 42.6 Å². The van der Waals surface area contributed by atoms with Gasteiger partial charge < -0.3 is 30.3 Å². The van der Waals surface area contributed by atoms with Gasteiger partial charge in [-0.1, -0.05) is 0 Å². The van der Waals surface area contributed by atoms with Gasteiger partial charge in [0.15, 0.2) is 11.5 Å². The first-order chi connectivity index (χ1) is 21.0. The van der Waals surface area contributed by atoms with Crippen molar-refractivity contribution < 1.29 is 33.3 Å². The summed E-state index contributed by atoms with van der Waals surface area (Å²) in [6.45, 7) is 1.74. The number of aromatic nitrogens is 6. The minimum Gasteiger partial charge on any atom is -0.394 e. The Labute approximate surface area is 251 Å². The lowest BCUT2D eigenvalue weighted by Gasteiger charge is -2.26. The highest BCUT2D eigenvalue weighted by molar-refractivity contribution is 7.51. The molecule has 6 N–H and O–H groups in total. The molecule has 3 aromatic rings. The van der Waals surface area contributed by atoms with E-state index in [1.54, 1.807) is 11.5 Å². The molecule has 2 fully saturated rings. The summed E-state index contributed by atoms with van der Waals surface area (Å²) < 4.78 is 40.6. The standard InChI is InChI=1S/C25H38N9O9P/c1-14-9-33(25(38)31-24(14)37)20-8-16(17(10-35)41-20)43-44(39,30-5-4-6-32(2)3)40-11-18-15(36)7-19(42-18)34-13-29-21-22(26)27-12-28-23(21)34/h9,12-13,15-20,35-36H,4-8,10-11H2,1-3H3,(H,30,39)(H2,26,27,28)(H,31,37,38)/t15-,16-,17+,18+,19+,20+,44?/m0/s1. The number of hydrogen-bond donors (Lipinski definition) is 5. The molecule has 3 aromatic heterocycles. The first kappa shape index (κ1) is 32.3. The van der Waals surface area contributed by atoms with E-state index in [4.69, 9.17) is 24.3 Å². The molecule has 0 aliphatic carbocycles. The lowest BCUT2D eigenvalue weighted by atomic mass is 10.2. The monoisotopic (exact) mass is 639 g/mol. The third-order valence-corrected chi connectivity index (χ3v) is 9.14. The van der Waals surface area contributed by atoms with Crippen LogP contribution in [0.4, 0.5) is 5.82 Å². The van der Waals surface area contributed by atoms with E-state index in [0.717, 1.165) is 0 Å². The first-order valence-electron chi connectivity index (χ1n) is 14.2. The molecule has 242 valence electrons. The molecular formula is C25H38N9O9P. The lowest BCUT2D eigenvalue weighted by Crippen LogP contribution is -2.33. The van der Waals surface area contributed by atoms with E-state index in [9.17, 15) is 24.4 Å². The van der Waals surface area contributed by atoms with Crippen LogP contribution in [0.3, 0.4) is 0 Å². The van der Waals surface area contributed by atoms with Crippen LogP contribution in [0, 0.1) is 6.92 Å². The Bertz CT molecular complexity index is 1610. The molecule has 0 amide bonds. The van der Waals surface area contributed by atoms with Gasteiger partial charge >= 0.3 is 13.4 Å². The minimum atomic E-state index is -4.08. The maximum Gasteiger partial charge on any atom is 0.405 e. The molecule has 5 heterocycles. The van der Waals surface area contributed by atoms with E-state index in [-0.39, 0.29) is 31.8 Å². The SMILES string of the molecule is Cc1cn([C@H]2C[C@H](OP(=O)(NCCCN(C)C)OC[C@H]3O[C@@H](n4cnc5c(N)ncnc54)C[C@@H]3O)[C@@H](CO)O2)c(=O)[nH]c1=O. The molecule has 19 heteroatoms. The van der Waals surface area contributed by atoms with Crippen molar-refractivity contribution in [1.82, 2.24) is 39.1 Å². The second-order valence-corrected chi connectivity index (χ2v) is 12.8. The molecule has 7 atom stereocenters. The minimum absolute atomic E-state index is 0.0344. The lowest BCUT2D eigenvalue weighted by molar-refractivity contribution is -0.0521. The fraction of sp³-hybridized carbons (Fsp3) is 0.640. The number of imidazole rings is 1. The molecule has 2 aliphatic rings. The number of nitrogens with one attached hydrogen (secondary N) is 2. The van der Waals surface area contributed by atoms with Crippen molar-refractivity contribution in [3.63, 3.8) is 0 Å². The number of nitrogens with two attached hydrogens (primary N) is 1. The molecule has 5 rings (SSSR count). The fourth-order valence-electron chi connectivity index (χ4n) is 5.14. The highest BCUT2D eigenvalue weighted by Gasteiger charge is 2.43. The summed E-state index contributed by atoms with van der Waals surface area (Å²) in [5, 5.41) is 23.7. The third kappa shape index (κ3) is 7.09. The number of anilines is 1. The van der Waals surface area contributed by atoms with Gasteiger partial charge in [0, 0.05) is 31.1 Å². The molecule has 0 saturated carbocycles. The van der Waals surface area contributed by atoms with E-state index in [2.05, 4.69) is 25.0 Å². The molecule has 0 aromatic carbocycles. The maximum absolute atomic E-state index is 14.1. The van der Waals surface area contributed by atoms with Gasteiger partial charge in [0.25, 0.3) is 5.56 Å². The zero-order valence-electron chi connectivity index (χ0n) is 24.6. The van der Waals surface area contributed by atoms with Crippen LogP contribution < -0.4 is 22.1 Å². The van der Waals surface area contributed by atoms with Gasteiger partial charge in [0.2, 0.25) is 0 Å². The summed E-state index contributed by atoms with van der Waals surface area (Å²) in [5.41, 5.74) is 5.81. The Morgan fingerprint density at radius 2 is 1.93 bits per heavy atom. The number of ether oxygens (including phenoxy) is 2. The van der Waals surface area contributed by atoms with E-state index in [0.29, 0.717) is 29.7 Å². The molecule has 18 nitrogen and oxygen atoms in total. The van der Waals surface area contributed by atoms with E-state index in [1.165, 1.54) is 23.4 Å². The Kier molecular flexibility index (Phi) is 9.93. The van der Waals surface area contributed by atoms with Gasteiger partial charge in [-0.15, -0.1) is 0 Å². The number of aryl methyl sites for hydroxylation is 1. The smallest absolute Gasteiger partial charge is 0.394 e. The second kappa shape index (κ2) is 13.5. The second-order valence-electron chi connectivity index (χ2n) is 11.0. The van der Waals surface area contributed by atoms with Crippen LogP contribution in [0.15, 0.2) is 28.4 Å². The summed E-state index contributed by atoms with van der Waals surface area (Å²) in [7, 11) is -0.262. The summed E-state index contributed by atoms with van der Waals surface area (Å²) in [4.78, 5) is 40.9. The van der Waals surface area contributed by atoms with Crippen molar-refractivity contribution in [2.24, 2.45) is 0 Å². The first-order valence-corrected chi connectivity index (χ1v) is 15.7. The zero-order valence-corrected chi connectivity index (χ0v) is 25.5. The Hall–Kier alpha value is -3.06. The Morgan fingerprint density at radius 1 is 1.18 bits per heavy atom. The van der Waals surface area contributed by atoms with Crippen LogP contribution in [0.1, 0.15) is 37.3 Å². The van der Waals surface area contributed by atoms with Crippen molar-refractivity contribution >= 4 is 24.7 Å². The summed E-state index contributed by atoms with van der Waals surface area (Å²) in [6.07, 6.45) is -0.277. The molecule has 44 heavy (non-hydrogen) atoms. The predicted molar refractivity (Wildman–Crippen MR) is 156 cm³/mol. The average Bonchev–Trinajstić information content (AvgIpc) is 3.69. The third-order valence-electron chi connectivity index (χ3n) is 7.49. The van der Waals surface area contributed by atoms with Gasteiger partial charge in [0.05, 0.1) is 25.6 Å². The fourth-order valence-corrected chi connectivity index (χ4v) is 6.72. The zero-order chi connectivity index (χ0) is 31.6. The molecule has 2 aliphatic heterocycles. The maximum atomic E-state index is 14.1. The number of nitrogens with zero attached hydrogens (tertiary/aromatic N) is 6. The number of H-pyrrole nitrogens is 1. The van der Waals surface area contributed by atoms with Gasteiger partial charge in [-0.3, -0.25) is 28.0 Å². The largest absolute Gasteiger partial charge is 0.405 e. The number of aliphatic hydroxyl groups excluding tert-OH is 2. The number of rotatable bonds is 13. The topological polar surface area (TPSA) is 234 Å². The van der Waals surface area contributed by atoms with E-state index < -0.39 is 62.5 Å². The van der Waals surface area contributed by atoms with E-state index in [1.807, 2.05) is 19.0 Å². The number of aromatic amines is 1. The highest BCUT2D eigenvalue weighted by Crippen LogP contribution is 2.49. The molecule has 0 spiro atoms. The van der Waals surface area contributed by atoms with Crippen LogP contribution in [-0.4, -0.2) is 109 Å². The normalized spacial score (nSPS) is 27.0. The predicted octanol–water partition coefficient (Wildman–Crippen LogP) is -0.753. The molecule has 1 unspecified atom stereocenters. The van der Waals surface area contributed by atoms with Crippen molar-refractivity contribution in [3.05, 3.63) is 45.3 Å². The van der Waals surface area contributed by atoms with Crippen LogP contribution in [-0.2, 0) is 23.1 Å². The number of hydrogen-bond acceptors (Lipinski definition) is 14. The summed E-state index contributed by atoms with van der Waals surface area (Å²) >= 11 is 0. The summed E-state index contributed by atoms with van der Waals surface area (Å²) in [5.74, 6) is 0.213. The highest BCUT2D eigenvalue weighted by atomic mass is 31.2. The molecule has 2 saturated heterocycles. The molecule has 0 bridgehead atoms. The molecular weight excluding hydrogens is 601 g/mol. The van der Waals surface area contributed by atoms with Crippen LogP contribution in [0.2, 0.25) is 0 Å². The number of aliphatic hydroxyl groups is 2. The van der Waals surface area contributed by atoms with Crippen molar-refractivity contribution in [2.75, 3.05) is 46.1 Å².